The number of halogens is 2. The molecule has 3 aromatic rings. The minimum Gasteiger partial charge on any atom is -0.351 e. The lowest BCUT2D eigenvalue weighted by atomic mass is 10.0. The van der Waals surface area contributed by atoms with Crippen LogP contribution < -0.4 is 10.6 Å². The third-order valence-corrected chi connectivity index (χ3v) is 9.18. The second-order valence-corrected chi connectivity index (χ2v) is 12.2. The first-order valence-corrected chi connectivity index (χ1v) is 14.7. The van der Waals surface area contributed by atoms with E-state index in [0.29, 0.717) is 41.0 Å². The Morgan fingerprint density at radius 1 is 1.18 bits per heavy atom. The average molecular weight is 562 g/mol. The summed E-state index contributed by atoms with van der Waals surface area (Å²) in [6, 6.07) is 8.96. The van der Waals surface area contributed by atoms with Crippen LogP contribution in [0, 0.1) is 11.7 Å². The Balaban J connectivity index is 1.37. The molecule has 0 radical (unpaired) electrons. The zero-order valence-electron chi connectivity index (χ0n) is 20.9. The molecule has 1 aliphatic heterocycles. The summed E-state index contributed by atoms with van der Waals surface area (Å²) in [7, 11) is -4.47. The normalized spacial score (nSPS) is 21.7. The number of nitrogens with zero attached hydrogens (tertiary/aromatic N) is 2. The summed E-state index contributed by atoms with van der Waals surface area (Å²) >= 11 is 5.88. The Labute approximate surface area is 224 Å². The van der Waals surface area contributed by atoms with Gasteiger partial charge < -0.3 is 19.7 Å². The summed E-state index contributed by atoms with van der Waals surface area (Å²) in [5.41, 5.74) is 1.37. The van der Waals surface area contributed by atoms with Gasteiger partial charge in [-0.05, 0) is 50.3 Å². The van der Waals surface area contributed by atoms with Crippen LogP contribution in [-0.2, 0) is 22.4 Å². The van der Waals surface area contributed by atoms with E-state index in [0.717, 1.165) is 25.7 Å². The molecule has 3 atom stereocenters. The molecular formula is C27H30ClFN3O5P. The average Bonchev–Trinajstić information content (AvgIpc) is 3.56. The van der Waals surface area contributed by atoms with Crippen LogP contribution in [0.5, 0.6) is 0 Å². The maximum atomic E-state index is 14.3. The van der Waals surface area contributed by atoms with E-state index in [1.807, 2.05) is 4.57 Å². The number of hydrogen-bond acceptors (Lipinski definition) is 4. The third-order valence-electron chi connectivity index (χ3n) is 7.94. The highest BCUT2D eigenvalue weighted by Crippen LogP contribution is 2.41. The number of carbonyl (C=O) groups excluding carboxylic acids is 2. The fraction of sp³-hybridized carbons (Fsp3) is 0.407. The smallest absolute Gasteiger partial charge is 0.351 e. The number of nitrogens with one attached hydrogen (secondary N) is 1. The van der Waals surface area contributed by atoms with E-state index in [2.05, 4.69) is 10.2 Å². The van der Waals surface area contributed by atoms with Gasteiger partial charge in [0, 0.05) is 53.9 Å². The number of rotatable bonds is 8. The predicted molar refractivity (Wildman–Crippen MR) is 143 cm³/mol. The first-order valence-electron chi connectivity index (χ1n) is 12.7. The highest BCUT2D eigenvalue weighted by Gasteiger charge is 2.46. The first kappa shape index (κ1) is 27.0. The number of ketones is 1. The van der Waals surface area contributed by atoms with Gasteiger partial charge in [-0.1, -0.05) is 36.2 Å². The SMILES string of the molecule is CC(=O)c1cn(CCN2[C@@H]3CCC[C@@H]3C[C@H]2C(=O)NCc2cccc(Cl)c2F)c2cc(P(=O)(O)O)ccc12. The molecule has 1 aliphatic carbocycles. The van der Waals surface area contributed by atoms with Crippen molar-refractivity contribution >= 4 is 47.1 Å². The Hall–Kier alpha value is -2.55. The Kier molecular flexibility index (Phi) is 7.50. The molecule has 0 bridgehead atoms. The van der Waals surface area contributed by atoms with Gasteiger partial charge in [0.05, 0.1) is 16.4 Å². The lowest BCUT2D eigenvalue weighted by Gasteiger charge is -2.29. The second-order valence-electron chi connectivity index (χ2n) is 10.2. The van der Waals surface area contributed by atoms with E-state index >= 15 is 0 Å². The summed E-state index contributed by atoms with van der Waals surface area (Å²) in [5.74, 6) is -0.432. The summed E-state index contributed by atoms with van der Waals surface area (Å²) in [5, 5.41) is 3.42. The van der Waals surface area contributed by atoms with Crippen LogP contribution >= 0.6 is 19.2 Å². The van der Waals surface area contributed by atoms with Gasteiger partial charge in [0.1, 0.15) is 5.82 Å². The van der Waals surface area contributed by atoms with E-state index in [9.17, 15) is 28.3 Å². The molecule has 202 valence electrons. The number of benzene rings is 2. The maximum Gasteiger partial charge on any atom is 0.356 e. The Morgan fingerprint density at radius 2 is 1.97 bits per heavy atom. The monoisotopic (exact) mass is 561 g/mol. The van der Waals surface area contributed by atoms with Gasteiger partial charge in [0.2, 0.25) is 5.91 Å². The predicted octanol–water partition coefficient (Wildman–Crippen LogP) is 4.00. The van der Waals surface area contributed by atoms with Crippen molar-refractivity contribution in [3.63, 3.8) is 0 Å². The molecule has 2 aliphatic rings. The van der Waals surface area contributed by atoms with Crippen molar-refractivity contribution in [2.24, 2.45) is 5.92 Å². The van der Waals surface area contributed by atoms with Crippen LogP contribution in [0.1, 0.15) is 48.5 Å². The van der Waals surface area contributed by atoms with E-state index < -0.39 is 13.4 Å². The fourth-order valence-electron chi connectivity index (χ4n) is 6.10. The lowest BCUT2D eigenvalue weighted by molar-refractivity contribution is -0.126. The highest BCUT2D eigenvalue weighted by atomic mass is 35.5. The summed E-state index contributed by atoms with van der Waals surface area (Å²) in [6.45, 7) is 2.46. The number of likely N-dealkylation sites (tertiary alicyclic amines) is 1. The molecule has 1 amide bonds. The Morgan fingerprint density at radius 3 is 2.71 bits per heavy atom. The zero-order valence-corrected chi connectivity index (χ0v) is 22.6. The van der Waals surface area contributed by atoms with Crippen molar-refractivity contribution < 1.29 is 28.3 Å². The number of aromatic nitrogens is 1. The quantitative estimate of drug-likeness (QED) is 0.283. The van der Waals surface area contributed by atoms with Gasteiger partial charge in [-0.3, -0.25) is 19.1 Å². The van der Waals surface area contributed by atoms with Gasteiger partial charge in [0.25, 0.3) is 0 Å². The first-order chi connectivity index (χ1) is 18.0. The molecule has 1 aromatic heterocycles. The van der Waals surface area contributed by atoms with E-state index in [1.165, 1.54) is 25.1 Å². The number of carbonyl (C=O) groups is 2. The zero-order chi connectivity index (χ0) is 27.2. The summed E-state index contributed by atoms with van der Waals surface area (Å²) in [4.78, 5) is 47.1. The summed E-state index contributed by atoms with van der Waals surface area (Å²) in [6.07, 6.45) is 5.59. The number of hydrogen-bond donors (Lipinski definition) is 3. The molecule has 8 nitrogen and oxygen atoms in total. The van der Waals surface area contributed by atoms with Crippen molar-refractivity contribution in [1.29, 1.82) is 0 Å². The van der Waals surface area contributed by atoms with E-state index in [-0.39, 0.29) is 40.6 Å². The molecule has 0 unspecified atom stereocenters. The molecule has 1 saturated carbocycles. The fourth-order valence-corrected chi connectivity index (χ4v) is 6.85. The van der Waals surface area contributed by atoms with Crippen LogP contribution in [0.2, 0.25) is 5.02 Å². The van der Waals surface area contributed by atoms with Crippen molar-refractivity contribution in [2.45, 2.75) is 57.8 Å². The Bertz CT molecular complexity index is 1450. The van der Waals surface area contributed by atoms with Gasteiger partial charge in [-0.2, -0.15) is 0 Å². The standard InChI is InChI=1S/C27H30ClFN3O5P/c1-16(33)21-15-31(24-13-19(38(35,36)37)8-9-20(21)24)10-11-32-23-7-3-4-17(23)12-25(32)27(34)30-14-18-5-2-6-22(28)26(18)29/h2,5-6,8-9,13,15,17,23,25H,3-4,7,10-12,14H2,1H3,(H,30,34)(H2,35,36,37)/t17-,23-,25+/m1/s1. The largest absolute Gasteiger partial charge is 0.356 e. The second kappa shape index (κ2) is 10.5. The molecule has 38 heavy (non-hydrogen) atoms. The van der Waals surface area contributed by atoms with Gasteiger partial charge in [0.15, 0.2) is 5.78 Å². The molecule has 2 fully saturated rings. The molecular weight excluding hydrogens is 532 g/mol. The molecule has 1 saturated heterocycles. The number of Topliss-reactive ketones (excluding diaryl/α,β-unsaturated/α-hetero) is 1. The van der Waals surface area contributed by atoms with Crippen LogP contribution in [0.25, 0.3) is 10.9 Å². The maximum absolute atomic E-state index is 14.3. The topological polar surface area (TPSA) is 112 Å². The van der Waals surface area contributed by atoms with Crippen molar-refractivity contribution in [1.82, 2.24) is 14.8 Å². The minimum atomic E-state index is -4.47. The van der Waals surface area contributed by atoms with E-state index in [1.54, 1.807) is 24.4 Å². The third kappa shape index (κ3) is 5.18. The summed E-state index contributed by atoms with van der Waals surface area (Å²) < 4.78 is 28.0. The van der Waals surface area contributed by atoms with Crippen molar-refractivity contribution in [2.75, 3.05) is 6.54 Å². The molecule has 11 heteroatoms. The van der Waals surface area contributed by atoms with Gasteiger partial charge >= 0.3 is 7.60 Å². The highest BCUT2D eigenvalue weighted by molar-refractivity contribution is 7.60. The van der Waals surface area contributed by atoms with Gasteiger partial charge in [-0.15, -0.1) is 0 Å². The van der Waals surface area contributed by atoms with E-state index in [4.69, 9.17) is 11.6 Å². The number of amides is 1. The van der Waals surface area contributed by atoms with Crippen LogP contribution in [-0.4, -0.2) is 49.6 Å². The van der Waals surface area contributed by atoms with Gasteiger partial charge in [-0.25, -0.2) is 4.39 Å². The van der Waals surface area contributed by atoms with Crippen LogP contribution in [0.4, 0.5) is 4.39 Å². The molecule has 2 heterocycles. The minimum absolute atomic E-state index is 0.0135. The molecule has 3 N–H and O–H groups in total. The van der Waals surface area contributed by atoms with Crippen LogP contribution in [0.15, 0.2) is 42.6 Å². The van der Waals surface area contributed by atoms with Crippen molar-refractivity contribution in [3.05, 3.63) is 64.6 Å². The molecule has 5 rings (SSSR count). The van der Waals surface area contributed by atoms with Crippen LogP contribution in [0.3, 0.4) is 0 Å². The molecule has 0 spiro atoms. The lowest BCUT2D eigenvalue weighted by Crippen LogP contribution is -2.47. The van der Waals surface area contributed by atoms with Crippen molar-refractivity contribution in [3.8, 4) is 0 Å². The molecule has 2 aromatic carbocycles. The number of fused-ring (bicyclic) bond motifs is 2.